The Morgan fingerprint density at radius 1 is 1.33 bits per heavy atom. The minimum Gasteiger partial charge on any atom is -0.355 e. The number of carbonyl (C=O) groups is 1. The van der Waals surface area contributed by atoms with Crippen molar-refractivity contribution in [3.05, 3.63) is 36.2 Å². The number of sulfonamides is 1. The van der Waals surface area contributed by atoms with E-state index in [-0.39, 0.29) is 16.6 Å². The summed E-state index contributed by atoms with van der Waals surface area (Å²) in [6, 6.07) is 6.29. The van der Waals surface area contributed by atoms with E-state index in [0.29, 0.717) is 18.1 Å². The quantitative estimate of drug-likeness (QED) is 0.650. The summed E-state index contributed by atoms with van der Waals surface area (Å²) < 4.78 is 24.2. The summed E-state index contributed by atoms with van der Waals surface area (Å²) in [5.74, 6) is 0.176. The zero-order valence-corrected chi connectivity index (χ0v) is 14.8. The molecule has 10 heteroatoms. The molecule has 0 unspecified atom stereocenters. The van der Waals surface area contributed by atoms with Gasteiger partial charge >= 0.3 is 0 Å². The normalized spacial score (nSPS) is 11.4. The molecule has 2 rings (SSSR count). The van der Waals surface area contributed by atoms with Gasteiger partial charge in [0, 0.05) is 13.1 Å². The number of aryl methyl sites for hydroxylation is 1. The molecule has 1 heterocycles. The molecule has 0 aliphatic heterocycles. The molecule has 0 atom stereocenters. The van der Waals surface area contributed by atoms with E-state index in [4.69, 9.17) is 5.14 Å². The van der Waals surface area contributed by atoms with Crippen LogP contribution in [0.15, 0.2) is 40.6 Å². The molecule has 0 bridgehead atoms. The van der Waals surface area contributed by atoms with Gasteiger partial charge in [-0.15, -0.1) is 10.2 Å². The van der Waals surface area contributed by atoms with Gasteiger partial charge in [0.15, 0.2) is 5.16 Å². The molecule has 0 spiro atoms. The van der Waals surface area contributed by atoms with Gasteiger partial charge < -0.3 is 9.88 Å². The fourth-order valence-electron chi connectivity index (χ4n) is 1.95. The van der Waals surface area contributed by atoms with Gasteiger partial charge in [-0.3, -0.25) is 4.79 Å². The minimum atomic E-state index is -3.67. The Morgan fingerprint density at radius 2 is 2.04 bits per heavy atom. The fourth-order valence-corrected chi connectivity index (χ4v) is 3.27. The zero-order valence-electron chi connectivity index (χ0n) is 13.2. The van der Waals surface area contributed by atoms with Crippen LogP contribution in [0.5, 0.6) is 0 Å². The van der Waals surface area contributed by atoms with Crippen molar-refractivity contribution in [1.82, 2.24) is 20.1 Å². The topological polar surface area (TPSA) is 120 Å². The molecule has 0 aliphatic carbocycles. The highest BCUT2D eigenvalue weighted by Gasteiger charge is 2.08. The van der Waals surface area contributed by atoms with E-state index < -0.39 is 10.0 Å². The van der Waals surface area contributed by atoms with Crippen molar-refractivity contribution in [3.8, 4) is 0 Å². The number of nitrogens with zero attached hydrogens (tertiary/aromatic N) is 3. The van der Waals surface area contributed by atoms with Crippen LogP contribution in [-0.2, 0) is 27.8 Å². The number of rotatable bonds is 8. The number of nitrogens with two attached hydrogens (primary N) is 1. The van der Waals surface area contributed by atoms with Crippen molar-refractivity contribution in [1.29, 1.82) is 0 Å². The van der Waals surface area contributed by atoms with Gasteiger partial charge in [-0.25, -0.2) is 13.6 Å². The van der Waals surface area contributed by atoms with Crippen LogP contribution in [-0.4, -0.2) is 41.4 Å². The molecule has 0 fully saturated rings. The standard InChI is InChI=1S/C14H19N5O3S2/c1-2-19-10-17-18-14(19)23-9-13(20)16-8-7-11-3-5-12(6-4-11)24(15,21)22/h3-6,10H,2,7-9H2,1H3,(H,16,20)(H2,15,21,22). The summed E-state index contributed by atoms with van der Waals surface area (Å²) in [5, 5.41) is 16.3. The van der Waals surface area contributed by atoms with Crippen molar-refractivity contribution >= 4 is 27.7 Å². The van der Waals surface area contributed by atoms with E-state index in [1.807, 2.05) is 11.5 Å². The van der Waals surface area contributed by atoms with E-state index in [1.54, 1.807) is 18.5 Å². The third-order valence-corrected chi connectivity index (χ3v) is 5.15. The van der Waals surface area contributed by atoms with E-state index >= 15 is 0 Å². The molecule has 8 nitrogen and oxygen atoms in total. The molecular weight excluding hydrogens is 350 g/mol. The van der Waals surface area contributed by atoms with Gasteiger partial charge in [-0.2, -0.15) is 0 Å². The summed E-state index contributed by atoms with van der Waals surface area (Å²) >= 11 is 1.33. The molecule has 0 saturated carbocycles. The van der Waals surface area contributed by atoms with Gasteiger partial charge in [0.2, 0.25) is 15.9 Å². The van der Waals surface area contributed by atoms with Gasteiger partial charge in [0.1, 0.15) is 6.33 Å². The lowest BCUT2D eigenvalue weighted by Crippen LogP contribution is -2.27. The predicted octanol–water partition coefficient (Wildman–Crippen LogP) is 0.396. The van der Waals surface area contributed by atoms with Crippen LogP contribution in [0.1, 0.15) is 12.5 Å². The number of amides is 1. The van der Waals surface area contributed by atoms with Crippen LogP contribution in [0, 0.1) is 0 Å². The number of benzene rings is 1. The first-order chi connectivity index (χ1) is 11.4. The van der Waals surface area contributed by atoms with E-state index in [0.717, 1.165) is 12.1 Å². The molecule has 0 aliphatic rings. The Balaban J connectivity index is 1.74. The lowest BCUT2D eigenvalue weighted by molar-refractivity contribution is -0.118. The highest BCUT2D eigenvalue weighted by molar-refractivity contribution is 7.99. The van der Waals surface area contributed by atoms with Crippen molar-refractivity contribution in [3.63, 3.8) is 0 Å². The summed E-state index contributed by atoms with van der Waals surface area (Å²) in [6.07, 6.45) is 2.23. The van der Waals surface area contributed by atoms with Crippen molar-refractivity contribution in [2.75, 3.05) is 12.3 Å². The number of aromatic nitrogens is 3. The first kappa shape index (κ1) is 18.4. The van der Waals surface area contributed by atoms with Crippen LogP contribution in [0.4, 0.5) is 0 Å². The minimum absolute atomic E-state index is 0.0757. The molecule has 130 valence electrons. The molecule has 1 aromatic heterocycles. The summed E-state index contributed by atoms with van der Waals surface area (Å²) in [6.45, 7) is 3.20. The first-order valence-corrected chi connectivity index (χ1v) is 9.82. The number of carbonyl (C=O) groups excluding carboxylic acids is 1. The molecule has 3 N–H and O–H groups in total. The Hall–Kier alpha value is -1.91. The maximum absolute atomic E-state index is 11.8. The number of nitrogens with one attached hydrogen (secondary N) is 1. The van der Waals surface area contributed by atoms with Crippen LogP contribution < -0.4 is 10.5 Å². The second-order valence-corrected chi connectivity index (χ2v) is 7.48. The molecule has 1 amide bonds. The average molecular weight is 369 g/mol. The van der Waals surface area contributed by atoms with Crippen LogP contribution >= 0.6 is 11.8 Å². The fraction of sp³-hybridized carbons (Fsp3) is 0.357. The molecule has 0 radical (unpaired) electrons. The zero-order chi connectivity index (χ0) is 17.6. The SMILES string of the molecule is CCn1cnnc1SCC(=O)NCCc1ccc(S(N)(=O)=O)cc1. The largest absolute Gasteiger partial charge is 0.355 e. The number of hydrogen-bond donors (Lipinski definition) is 2. The lowest BCUT2D eigenvalue weighted by Gasteiger charge is -2.06. The number of primary sulfonamides is 1. The lowest BCUT2D eigenvalue weighted by atomic mass is 10.1. The molecule has 24 heavy (non-hydrogen) atoms. The molecular formula is C14H19N5O3S2. The molecule has 2 aromatic rings. The Labute approximate surface area is 144 Å². The van der Waals surface area contributed by atoms with Crippen molar-refractivity contribution < 1.29 is 13.2 Å². The molecule has 0 saturated heterocycles. The van der Waals surface area contributed by atoms with E-state index in [9.17, 15) is 13.2 Å². The van der Waals surface area contributed by atoms with Gasteiger partial charge in [0.05, 0.1) is 10.6 Å². The maximum Gasteiger partial charge on any atom is 0.238 e. The Morgan fingerprint density at radius 3 is 2.67 bits per heavy atom. The summed E-state index contributed by atoms with van der Waals surface area (Å²) in [7, 11) is -3.67. The van der Waals surface area contributed by atoms with Crippen molar-refractivity contribution in [2.24, 2.45) is 5.14 Å². The Kier molecular flexibility index (Phi) is 6.35. The smallest absolute Gasteiger partial charge is 0.238 e. The van der Waals surface area contributed by atoms with Crippen molar-refractivity contribution in [2.45, 2.75) is 29.9 Å². The van der Waals surface area contributed by atoms with E-state index in [2.05, 4.69) is 15.5 Å². The van der Waals surface area contributed by atoms with Gasteiger partial charge in [-0.1, -0.05) is 23.9 Å². The third-order valence-electron chi connectivity index (χ3n) is 3.24. The number of hydrogen-bond acceptors (Lipinski definition) is 6. The van der Waals surface area contributed by atoms with Crippen LogP contribution in [0.2, 0.25) is 0 Å². The van der Waals surface area contributed by atoms with Gasteiger partial charge in [0.25, 0.3) is 0 Å². The Bertz CT molecular complexity index is 787. The monoisotopic (exact) mass is 369 g/mol. The average Bonchev–Trinajstić information content (AvgIpc) is 3.00. The predicted molar refractivity (Wildman–Crippen MR) is 90.9 cm³/mol. The highest BCUT2D eigenvalue weighted by atomic mass is 32.2. The molecule has 1 aromatic carbocycles. The third kappa shape index (κ3) is 5.32. The second kappa shape index (κ2) is 8.27. The van der Waals surface area contributed by atoms with Crippen LogP contribution in [0.25, 0.3) is 0 Å². The van der Waals surface area contributed by atoms with Gasteiger partial charge in [-0.05, 0) is 31.0 Å². The summed E-state index contributed by atoms with van der Waals surface area (Å²) in [4.78, 5) is 11.9. The highest BCUT2D eigenvalue weighted by Crippen LogP contribution is 2.14. The summed E-state index contributed by atoms with van der Waals surface area (Å²) in [5.41, 5.74) is 0.918. The maximum atomic E-state index is 11.8. The number of thioether (sulfide) groups is 1. The van der Waals surface area contributed by atoms with E-state index in [1.165, 1.54) is 23.9 Å². The van der Waals surface area contributed by atoms with Crippen LogP contribution in [0.3, 0.4) is 0 Å². The second-order valence-electron chi connectivity index (χ2n) is 4.98. The first-order valence-electron chi connectivity index (χ1n) is 7.29.